The van der Waals surface area contributed by atoms with Crippen molar-refractivity contribution in [3.63, 3.8) is 0 Å². The van der Waals surface area contributed by atoms with Crippen molar-refractivity contribution in [1.82, 2.24) is 18.9 Å². The Kier molecular flexibility index (Phi) is 4.53. The summed E-state index contributed by atoms with van der Waals surface area (Å²) in [4.78, 5) is 11.0. The highest BCUT2D eigenvalue weighted by Crippen LogP contribution is 2.50. The van der Waals surface area contributed by atoms with Crippen LogP contribution in [0, 0.1) is 0 Å². The molecule has 0 radical (unpaired) electrons. The molecule has 0 N–H and O–H groups in total. The molecule has 11 aromatic rings. The van der Waals surface area contributed by atoms with Gasteiger partial charge in [0, 0.05) is 54.1 Å². The molecule has 0 fully saturated rings. The fourth-order valence-electron chi connectivity index (χ4n) is 9.35. The smallest absolute Gasteiger partial charge is 0.235 e. The van der Waals surface area contributed by atoms with E-state index in [0.717, 1.165) is 27.6 Å². The van der Waals surface area contributed by atoms with Gasteiger partial charge < -0.3 is 4.40 Å². The molecule has 12 rings (SSSR count). The van der Waals surface area contributed by atoms with Crippen LogP contribution in [0.25, 0.3) is 98.8 Å². The lowest BCUT2D eigenvalue weighted by atomic mass is 9.70. The van der Waals surface area contributed by atoms with E-state index >= 15 is 0 Å². The van der Waals surface area contributed by atoms with Gasteiger partial charge in [0.1, 0.15) is 0 Å². The second-order valence-electron chi connectivity index (χ2n) is 14.2. The van der Waals surface area contributed by atoms with E-state index in [0.29, 0.717) is 5.95 Å². The van der Waals surface area contributed by atoms with Gasteiger partial charge in [-0.25, -0.2) is 9.97 Å². The highest BCUT2D eigenvalue weighted by molar-refractivity contribution is 6.37. The highest BCUT2D eigenvalue weighted by atomic mass is 15.2. The SMILES string of the molecule is CC1(C)c2ccccc2-c2nc(-n3c4cc5c6ccccc6n6c7ccccc7c(c4c4ccc7ccccc7c43)c56)nc3cccc1c23. The average Bonchev–Trinajstić information content (AvgIpc) is 3.78. The molecule has 0 amide bonds. The minimum atomic E-state index is -0.158. The van der Waals surface area contributed by atoms with Gasteiger partial charge >= 0.3 is 0 Å². The van der Waals surface area contributed by atoms with Crippen LogP contribution >= 0.6 is 0 Å². The van der Waals surface area contributed by atoms with Crippen molar-refractivity contribution >= 4 is 81.6 Å². The normalized spacial score (nSPS) is 14.1. The van der Waals surface area contributed by atoms with Crippen molar-refractivity contribution in [2.75, 3.05) is 0 Å². The molecule has 1 aliphatic carbocycles. The molecule has 0 unspecified atom stereocenters. The molecule has 0 spiro atoms. The molecule has 228 valence electrons. The molecule has 0 atom stereocenters. The van der Waals surface area contributed by atoms with Crippen molar-refractivity contribution in [2.24, 2.45) is 0 Å². The van der Waals surface area contributed by atoms with Crippen molar-refractivity contribution in [3.8, 4) is 17.2 Å². The van der Waals surface area contributed by atoms with Gasteiger partial charge in [0.2, 0.25) is 5.95 Å². The lowest BCUT2D eigenvalue weighted by Gasteiger charge is -2.34. The number of nitrogens with zero attached hydrogens (tertiary/aromatic N) is 4. The zero-order valence-electron chi connectivity index (χ0n) is 27.0. The quantitative estimate of drug-likeness (QED) is 0.182. The van der Waals surface area contributed by atoms with Gasteiger partial charge in [-0.05, 0) is 40.8 Å². The molecule has 0 saturated heterocycles. The van der Waals surface area contributed by atoms with Crippen LogP contribution in [0.1, 0.15) is 25.0 Å². The highest BCUT2D eigenvalue weighted by Gasteiger charge is 2.35. The maximum atomic E-state index is 5.58. The van der Waals surface area contributed by atoms with E-state index in [-0.39, 0.29) is 5.41 Å². The Balaban J connectivity index is 1.35. The summed E-state index contributed by atoms with van der Waals surface area (Å²) in [5.74, 6) is 0.701. The number of fused-ring (bicyclic) bond motifs is 14. The second-order valence-corrected chi connectivity index (χ2v) is 14.2. The van der Waals surface area contributed by atoms with Crippen LogP contribution < -0.4 is 0 Å². The topological polar surface area (TPSA) is 35.1 Å². The van der Waals surface area contributed by atoms with E-state index in [1.165, 1.54) is 76.3 Å². The Bertz CT molecular complexity index is 3250. The summed E-state index contributed by atoms with van der Waals surface area (Å²) in [5.41, 5.74) is 11.6. The van der Waals surface area contributed by atoms with Crippen molar-refractivity contribution in [1.29, 1.82) is 0 Å². The summed E-state index contributed by atoms with van der Waals surface area (Å²) in [6.07, 6.45) is 0. The zero-order valence-corrected chi connectivity index (χ0v) is 27.0. The monoisotopic (exact) mass is 624 g/mol. The standard InChI is InChI=1S/C45H28N4/c1-45(2)32-17-8-5-15-28(32)41-40-33(45)18-11-19-34(40)46-44(47-41)49-37-24-31-27-14-6-9-20-35(27)48-36-21-10-7-16-29(36)39(43(31)48)38(37)30-23-22-25-12-3-4-13-26(25)42(30)49/h3-24H,1-2H3. The number of rotatable bonds is 1. The van der Waals surface area contributed by atoms with Crippen LogP contribution in [0.5, 0.6) is 0 Å². The maximum Gasteiger partial charge on any atom is 0.235 e. The van der Waals surface area contributed by atoms with Gasteiger partial charge in [-0.3, -0.25) is 4.57 Å². The Labute approximate surface area is 280 Å². The minimum absolute atomic E-state index is 0.158. The number of hydrogen-bond donors (Lipinski definition) is 0. The molecular weight excluding hydrogens is 597 g/mol. The Morgan fingerprint density at radius 2 is 1.20 bits per heavy atom. The first-order chi connectivity index (χ1) is 24.1. The van der Waals surface area contributed by atoms with Gasteiger partial charge in [0.15, 0.2) is 0 Å². The third kappa shape index (κ3) is 2.98. The van der Waals surface area contributed by atoms with E-state index in [1.54, 1.807) is 0 Å². The van der Waals surface area contributed by atoms with E-state index in [4.69, 9.17) is 9.97 Å². The third-order valence-corrected chi connectivity index (χ3v) is 11.4. The predicted octanol–water partition coefficient (Wildman–Crippen LogP) is 11.3. The molecule has 49 heavy (non-hydrogen) atoms. The van der Waals surface area contributed by atoms with Crippen molar-refractivity contribution in [3.05, 3.63) is 145 Å². The van der Waals surface area contributed by atoms with E-state index in [1.807, 2.05) is 0 Å². The van der Waals surface area contributed by atoms with Crippen LogP contribution in [0.3, 0.4) is 0 Å². The van der Waals surface area contributed by atoms with E-state index < -0.39 is 0 Å². The number of hydrogen-bond acceptors (Lipinski definition) is 2. The molecule has 1 aliphatic rings. The Hall–Kier alpha value is -6.26. The number of para-hydroxylation sites is 2. The van der Waals surface area contributed by atoms with Gasteiger partial charge in [-0.1, -0.05) is 123 Å². The van der Waals surface area contributed by atoms with Crippen LogP contribution in [0.4, 0.5) is 0 Å². The molecule has 0 aliphatic heterocycles. The first-order valence-electron chi connectivity index (χ1n) is 17.0. The summed E-state index contributed by atoms with van der Waals surface area (Å²) in [6.45, 7) is 4.64. The lowest BCUT2D eigenvalue weighted by molar-refractivity contribution is 0.643. The molecule has 4 nitrogen and oxygen atoms in total. The van der Waals surface area contributed by atoms with Crippen LogP contribution in [0.15, 0.2) is 133 Å². The van der Waals surface area contributed by atoms with Gasteiger partial charge in [-0.2, -0.15) is 0 Å². The molecule has 0 saturated carbocycles. The Morgan fingerprint density at radius 1 is 0.490 bits per heavy atom. The first-order valence-corrected chi connectivity index (χ1v) is 17.0. The summed E-state index contributed by atoms with van der Waals surface area (Å²) in [7, 11) is 0. The maximum absolute atomic E-state index is 5.58. The number of benzene rings is 7. The summed E-state index contributed by atoms with van der Waals surface area (Å²) in [6, 6.07) is 48.7. The average molecular weight is 625 g/mol. The summed E-state index contributed by atoms with van der Waals surface area (Å²) >= 11 is 0. The van der Waals surface area contributed by atoms with E-state index in [2.05, 4.69) is 156 Å². The Morgan fingerprint density at radius 3 is 2.08 bits per heavy atom. The zero-order chi connectivity index (χ0) is 32.2. The van der Waals surface area contributed by atoms with Gasteiger partial charge in [0.25, 0.3) is 0 Å². The number of aromatic nitrogens is 4. The van der Waals surface area contributed by atoms with Gasteiger partial charge in [0.05, 0.1) is 38.8 Å². The van der Waals surface area contributed by atoms with Crippen LogP contribution in [0.2, 0.25) is 0 Å². The predicted molar refractivity (Wildman–Crippen MR) is 204 cm³/mol. The third-order valence-electron chi connectivity index (χ3n) is 11.4. The molecule has 4 heteroatoms. The first kappa shape index (κ1) is 25.8. The fourth-order valence-corrected chi connectivity index (χ4v) is 9.35. The van der Waals surface area contributed by atoms with Crippen LogP contribution in [-0.4, -0.2) is 18.9 Å². The molecule has 4 heterocycles. The summed E-state index contributed by atoms with van der Waals surface area (Å²) < 4.78 is 4.83. The second kappa shape index (κ2) is 8.60. The van der Waals surface area contributed by atoms with Crippen molar-refractivity contribution < 1.29 is 0 Å². The minimum Gasteiger partial charge on any atom is -0.308 e. The lowest BCUT2D eigenvalue weighted by Crippen LogP contribution is -2.24. The molecule has 0 bridgehead atoms. The fraction of sp³-hybridized carbons (Fsp3) is 0.0667. The van der Waals surface area contributed by atoms with Crippen LogP contribution in [-0.2, 0) is 5.41 Å². The molecule has 7 aromatic carbocycles. The summed E-state index contributed by atoms with van der Waals surface area (Å²) in [5, 5.41) is 11.1. The molecule has 4 aromatic heterocycles. The van der Waals surface area contributed by atoms with Gasteiger partial charge in [-0.15, -0.1) is 0 Å². The van der Waals surface area contributed by atoms with E-state index in [9.17, 15) is 0 Å². The van der Waals surface area contributed by atoms with Crippen molar-refractivity contribution in [2.45, 2.75) is 19.3 Å². The molecular formula is C45H28N4. The largest absolute Gasteiger partial charge is 0.308 e.